The van der Waals surface area contributed by atoms with Crippen LogP contribution in [0.25, 0.3) is 0 Å². The van der Waals surface area contributed by atoms with Gasteiger partial charge in [0.2, 0.25) is 11.8 Å². The lowest BCUT2D eigenvalue weighted by molar-refractivity contribution is -0.138. The third kappa shape index (κ3) is 5.98. The van der Waals surface area contributed by atoms with Crippen molar-refractivity contribution in [1.29, 1.82) is 0 Å². The Bertz CT molecular complexity index is 694. The molecule has 0 bridgehead atoms. The Kier molecular flexibility index (Phi) is 7.16. The molecule has 3 amide bonds. The summed E-state index contributed by atoms with van der Waals surface area (Å²) in [6.45, 7) is 0.453. The van der Waals surface area contributed by atoms with Crippen LogP contribution in [0.15, 0.2) is 30.3 Å². The van der Waals surface area contributed by atoms with Crippen molar-refractivity contribution in [1.82, 2.24) is 10.2 Å². The van der Waals surface area contributed by atoms with Gasteiger partial charge in [-0.2, -0.15) is 0 Å². The predicted octanol–water partition coefficient (Wildman–Crippen LogP) is 0.623. The fourth-order valence-electron chi connectivity index (χ4n) is 2.88. The highest BCUT2D eigenvalue weighted by molar-refractivity contribution is 5.91. The first kappa shape index (κ1) is 20.2. The highest BCUT2D eigenvalue weighted by Crippen LogP contribution is 2.19. The van der Waals surface area contributed by atoms with Crippen LogP contribution in [0, 0.1) is 0 Å². The van der Waals surface area contributed by atoms with Gasteiger partial charge in [0.25, 0.3) is 0 Å². The fourth-order valence-corrected chi connectivity index (χ4v) is 2.88. The molecule has 1 saturated heterocycles. The number of nitrogens with one attached hydrogen (secondary N) is 1. The van der Waals surface area contributed by atoms with Crippen LogP contribution in [0.5, 0.6) is 0 Å². The first-order valence-corrected chi connectivity index (χ1v) is 8.67. The van der Waals surface area contributed by atoms with Crippen molar-refractivity contribution in [2.24, 2.45) is 5.73 Å². The van der Waals surface area contributed by atoms with Crippen LogP contribution in [0.3, 0.4) is 0 Å². The average molecular weight is 377 g/mol. The van der Waals surface area contributed by atoms with Crippen molar-refractivity contribution in [2.45, 2.75) is 44.4 Å². The second-order valence-corrected chi connectivity index (χ2v) is 6.29. The van der Waals surface area contributed by atoms with Gasteiger partial charge < -0.3 is 20.9 Å². The normalized spacial score (nSPS) is 17.2. The molecule has 2 atom stereocenters. The van der Waals surface area contributed by atoms with E-state index in [9.17, 15) is 19.2 Å². The quantitative estimate of drug-likeness (QED) is 0.607. The van der Waals surface area contributed by atoms with Crippen LogP contribution >= 0.6 is 0 Å². The summed E-state index contributed by atoms with van der Waals surface area (Å²) in [6, 6.07) is 7.28. The van der Waals surface area contributed by atoms with E-state index < -0.39 is 36.0 Å². The predicted molar refractivity (Wildman–Crippen MR) is 94.3 cm³/mol. The van der Waals surface area contributed by atoms with Crippen molar-refractivity contribution >= 4 is 23.9 Å². The summed E-state index contributed by atoms with van der Waals surface area (Å²) >= 11 is 0. The monoisotopic (exact) mass is 377 g/mol. The van der Waals surface area contributed by atoms with Gasteiger partial charge >= 0.3 is 12.1 Å². The van der Waals surface area contributed by atoms with Crippen molar-refractivity contribution in [3.8, 4) is 0 Å². The summed E-state index contributed by atoms with van der Waals surface area (Å²) in [5.74, 6) is -2.46. The molecule has 1 fully saturated rings. The van der Waals surface area contributed by atoms with Crippen molar-refractivity contribution < 1.29 is 29.0 Å². The van der Waals surface area contributed by atoms with E-state index in [4.69, 9.17) is 15.6 Å². The number of hydrogen-bond acceptors (Lipinski definition) is 5. The number of carbonyl (C=O) groups is 4. The van der Waals surface area contributed by atoms with Gasteiger partial charge in [-0.15, -0.1) is 0 Å². The highest BCUT2D eigenvalue weighted by atomic mass is 16.6. The molecule has 0 unspecified atom stereocenters. The maximum Gasteiger partial charge on any atom is 0.410 e. The Morgan fingerprint density at radius 3 is 2.59 bits per heavy atom. The molecule has 1 heterocycles. The number of ether oxygens (including phenoxy) is 1. The Morgan fingerprint density at radius 2 is 1.96 bits per heavy atom. The van der Waals surface area contributed by atoms with Crippen LogP contribution in [0.1, 0.15) is 31.2 Å². The van der Waals surface area contributed by atoms with Gasteiger partial charge in [-0.1, -0.05) is 30.3 Å². The molecule has 0 radical (unpaired) electrons. The number of carboxylic acid groups (broad SMARTS) is 1. The highest BCUT2D eigenvalue weighted by Gasteiger charge is 2.36. The van der Waals surface area contributed by atoms with Gasteiger partial charge in [0, 0.05) is 13.0 Å². The van der Waals surface area contributed by atoms with Gasteiger partial charge in [0.05, 0.1) is 0 Å². The Labute approximate surface area is 156 Å². The number of primary amides is 1. The summed E-state index contributed by atoms with van der Waals surface area (Å²) in [4.78, 5) is 48.2. The fraction of sp³-hybridized carbons (Fsp3) is 0.444. The maximum atomic E-state index is 12.5. The Balaban J connectivity index is 1.92. The van der Waals surface area contributed by atoms with E-state index in [0.29, 0.717) is 19.4 Å². The molecule has 0 spiro atoms. The first-order chi connectivity index (χ1) is 12.9. The minimum Gasteiger partial charge on any atom is -0.481 e. The summed E-state index contributed by atoms with van der Waals surface area (Å²) in [7, 11) is 0. The van der Waals surface area contributed by atoms with E-state index in [1.165, 1.54) is 4.90 Å². The SMILES string of the molecule is NC(=O)[C@@H](CCC(=O)O)NC(=O)[C@H]1CCCN1C(=O)OCc1ccccc1. The molecule has 0 aliphatic carbocycles. The second-order valence-electron chi connectivity index (χ2n) is 6.29. The molecule has 2 rings (SSSR count). The molecule has 9 nitrogen and oxygen atoms in total. The molecule has 27 heavy (non-hydrogen) atoms. The van der Waals surface area contributed by atoms with E-state index in [1.807, 2.05) is 30.3 Å². The molecule has 0 aromatic heterocycles. The van der Waals surface area contributed by atoms with Gasteiger partial charge in [-0.3, -0.25) is 19.3 Å². The molecule has 4 N–H and O–H groups in total. The number of nitrogens with zero attached hydrogens (tertiary/aromatic N) is 1. The van der Waals surface area contributed by atoms with Crippen LogP contribution in [0.2, 0.25) is 0 Å². The van der Waals surface area contributed by atoms with Gasteiger partial charge in [-0.05, 0) is 24.8 Å². The first-order valence-electron chi connectivity index (χ1n) is 8.67. The lowest BCUT2D eigenvalue weighted by Crippen LogP contribution is -2.52. The van der Waals surface area contributed by atoms with Crippen LogP contribution in [-0.4, -0.2) is 52.5 Å². The minimum absolute atomic E-state index is 0.0903. The van der Waals surface area contributed by atoms with E-state index in [0.717, 1.165) is 5.56 Å². The smallest absolute Gasteiger partial charge is 0.410 e. The summed E-state index contributed by atoms with van der Waals surface area (Å²) in [5, 5.41) is 11.2. The lowest BCUT2D eigenvalue weighted by Gasteiger charge is -2.25. The molecule has 1 aromatic carbocycles. The number of hydrogen-bond donors (Lipinski definition) is 3. The average Bonchev–Trinajstić information content (AvgIpc) is 3.13. The number of carboxylic acids is 1. The van der Waals surface area contributed by atoms with Gasteiger partial charge in [-0.25, -0.2) is 4.79 Å². The standard InChI is InChI=1S/C18H23N3O6/c19-16(24)13(8-9-15(22)23)20-17(25)14-7-4-10-21(14)18(26)27-11-12-5-2-1-3-6-12/h1-3,5-6,13-14H,4,7-11H2,(H2,19,24)(H,20,25)(H,22,23)/t13-,14-/m1/s1. The van der Waals surface area contributed by atoms with Crippen LogP contribution < -0.4 is 11.1 Å². The number of carbonyl (C=O) groups excluding carboxylic acids is 3. The zero-order chi connectivity index (χ0) is 19.8. The number of rotatable bonds is 8. The van der Waals surface area contributed by atoms with Crippen molar-refractivity contribution in [3.05, 3.63) is 35.9 Å². The number of likely N-dealkylation sites (tertiary alicyclic amines) is 1. The van der Waals surface area contributed by atoms with E-state index in [2.05, 4.69) is 5.32 Å². The largest absolute Gasteiger partial charge is 0.481 e. The summed E-state index contributed by atoms with van der Waals surface area (Å²) in [6.07, 6.45) is 0.0202. The number of amides is 3. The third-order valence-corrected chi connectivity index (χ3v) is 4.30. The van der Waals surface area contributed by atoms with E-state index >= 15 is 0 Å². The zero-order valence-electron chi connectivity index (χ0n) is 14.8. The minimum atomic E-state index is -1.10. The molecule has 1 aliphatic rings. The second kappa shape index (κ2) is 9.56. The summed E-state index contributed by atoms with van der Waals surface area (Å²) in [5.41, 5.74) is 6.05. The molecule has 9 heteroatoms. The topological polar surface area (TPSA) is 139 Å². The number of benzene rings is 1. The number of aliphatic carboxylic acids is 1. The number of nitrogens with two attached hydrogens (primary N) is 1. The zero-order valence-corrected chi connectivity index (χ0v) is 14.8. The van der Waals surface area contributed by atoms with Gasteiger partial charge in [0.15, 0.2) is 0 Å². The lowest BCUT2D eigenvalue weighted by atomic mass is 10.1. The van der Waals surface area contributed by atoms with Crippen LogP contribution in [0.4, 0.5) is 4.79 Å². The molecule has 146 valence electrons. The molecule has 0 saturated carbocycles. The van der Waals surface area contributed by atoms with E-state index in [-0.39, 0.29) is 19.4 Å². The Morgan fingerprint density at radius 1 is 1.26 bits per heavy atom. The summed E-state index contributed by atoms with van der Waals surface area (Å²) < 4.78 is 5.26. The van der Waals surface area contributed by atoms with Gasteiger partial charge in [0.1, 0.15) is 18.7 Å². The van der Waals surface area contributed by atoms with Crippen molar-refractivity contribution in [3.63, 3.8) is 0 Å². The molecular weight excluding hydrogens is 354 g/mol. The molecule has 1 aliphatic heterocycles. The third-order valence-electron chi connectivity index (χ3n) is 4.30. The van der Waals surface area contributed by atoms with E-state index in [1.54, 1.807) is 0 Å². The maximum absolute atomic E-state index is 12.5. The molecular formula is C18H23N3O6. The molecule has 1 aromatic rings. The van der Waals surface area contributed by atoms with Crippen LogP contribution in [-0.2, 0) is 25.7 Å². The Hall–Kier alpha value is -3.10. The van der Waals surface area contributed by atoms with Crippen molar-refractivity contribution in [2.75, 3.05) is 6.54 Å².